The first-order valence-corrected chi connectivity index (χ1v) is 7.73. The summed E-state index contributed by atoms with van der Waals surface area (Å²) in [5.41, 5.74) is 0. The second-order valence-electron chi connectivity index (χ2n) is 5.15. The minimum absolute atomic E-state index is 0.0733. The predicted octanol–water partition coefficient (Wildman–Crippen LogP) is 0.945. The Labute approximate surface area is 122 Å². The average molecular weight is 297 g/mol. The number of rotatable bonds is 3. The largest absolute Gasteiger partial charge is 0.347 e. The zero-order valence-electron chi connectivity index (χ0n) is 11.6. The molecule has 6 nitrogen and oxygen atoms in total. The molecule has 0 N–H and O–H groups in total. The van der Waals surface area contributed by atoms with Crippen LogP contribution in [0, 0.1) is 0 Å². The van der Waals surface area contributed by atoms with Crippen molar-refractivity contribution in [3.8, 4) is 0 Å². The molecule has 0 saturated carbocycles. The number of carbonyl (C=O) groups excluding carboxylic acids is 1. The molecule has 0 aliphatic carbocycles. The lowest BCUT2D eigenvalue weighted by atomic mass is 10.0. The maximum atomic E-state index is 12.2. The first-order chi connectivity index (χ1) is 9.69. The van der Waals surface area contributed by atoms with E-state index in [0.717, 1.165) is 31.1 Å². The molecule has 1 amide bonds. The third kappa shape index (κ3) is 2.85. The summed E-state index contributed by atoms with van der Waals surface area (Å²) in [5.74, 6) is -0.301. The number of likely N-dealkylation sites (N-methyl/N-ethyl adjacent to an activating group) is 1. The van der Waals surface area contributed by atoms with Gasteiger partial charge in [0.1, 0.15) is 0 Å². The number of thiazole rings is 1. The van der Waals surface area contributed by atoms with Gasteiger partial charge in [-0.3, -0.25) is 14.6 Å². The summed E-state index contributed by atoms with van der Waals surface area (Å²) in [6, 6.07) is 0. The number of amides is 1. The quantitative estimate of drug-likeness (QED) is 0.831. The minimum Gasteiger partial charge on any atom is -0.347 e. The van der Waals surface area contributed by atoms with E-state index in [-0.39, 0.29) is 11.7 Å². The van der Waals surface area contributed by atoms with Crippen LogP contribution < -0.4 is 4.90 Å². The van der Waals surface area contributed by atoms with Gasteiger partial charge in [-0.25, -0.2) is 4.98 Å². The number of hydrogen-bond donors (Lipinski definition) is 0. The van der Waals surface area contributed by atoms with Gasteiger partial charge in [0.2, 0.25) is 5.91 Å². The molecule has 2 fully saturated rings. The second-order valence-corrected chi connectivity index (χ2v) is 6.02. The van der Waals surface area contributed by atoms with Crippen molar-refractivity contribution in [1.29, 1.82) is 0 Å². The summed E-state index contributed by atoms with van der Waals surface area (Å²) >= 11 is 1.47. The number of hydrogen-bond acceptors (Lipinski definition) is 6. The Morgan fingerprint density at radius 1 is 1.45 bits per heavy atom. The maximum absolute atomic E-state index is 12.2. The van der Waals surface area contributed by atoms with E-state index in [0.29, 0.717) is 19.8 Å². The molecular formula is C13H19N3O3S. The normalized spacial score (nSPS) is 22.2. The topological polar surface area (TPSA) is 54.9 Å². The molecule has 1 aromatic rings. The Kier molecular flexibility index (Phi) is 4.02. The number of anilines is 1. The highest BCUT2D eigenvalue weighted by Gasteiger charge is 2.40. The SMILES string of the molecule is CN(C(=O)CN1CCC2(CC1)OCCO2)c1nccs1. The van der Waals surface area contributed by atoms with Gasteiger partial charge in [-0.15, -0.1) is 11.3 Å². The maximum Gasteiger partial charge on any atom is 0.242 e. The third-order valence-electron chi connectivity index (χ3n) is 3.87. The summed E-state index contributed by atoms with van der Waals surface area (Å²) in [5, 5.41) is 2.62. The highest BCUT2D eigenvalue weighted by atomic mass is 32.1. The van der Waals surface area contributed by atoms with Crippen molar-refractivity contribution in [2.24, 2.45) is 0 Å². The predicted molar refractivity (Wildman–Crippen MR) is 75.8 cm³/mol. The zero-order chi connectivity index (χ0) is 14.0. The molecule has 7 heteroatoms. The molecule has 1 spiro atoms. The fourth-order valence-corrected chi connectivity index (χ4v) is 3.25. The van der Waals surface area contributed by atoms with Crippen LogP contribution in [-0.2, 0) is 14.3 Å². The molecular weight excluding hydrogens is 278 g/mol. The molecule has 3 heterocycles. The number of likely N-dealkylation sites (tertiary alicyclic amines) is 1. The molecule has 20 heavy (non-hydrogen) atoms. The number of carbonyl (C=O) groups is 1. The van der Waals surface area contributed by atoms with Crippen LogP contribution in [0.1, 0.15) is 12.8 Å². The molecule has 1 aromatic heterocycles. The van der Waals surface area contributed by atoms with Gasteiger partial charge in [-0.1, -0.05) is 0 Å². The lowest BCUT2D eigenvalue weighted by Gasteiger charge is -2.37. The fourth-order valence-electron chi connectivity index (χ4n) is 2.62. The van der Waals surface area contributed by atoms with Crippen molar-refractivity contribution >= 4 is 22.4 Å². The molecule has 0 unspecified atom stereocenters. The van der Waals surface area contributed by atoms with E-state index in [4.69, 9.17) is 9.47 Å². The Hall–Kier alpha value is -1.02. The van der Waals surface area contributed by atoms with E-state index >= 15 is 0 Å². The van der Waals surface area contributed by atoms with E-state index in [9.17, 15) is 4.79 Å². The Bertz CT molecular complexity index is 449. The van der Waals surface area contributed by atoms with E-state index in [1.165, 1.54) is 11.3 Å². The Morgan fingerprint density at radius 3 is 2.75 bits per heavy atom. The van der Waals surface area contributed by atoms with E-state index < -0.39 is 0 Å². The lowest BCUT2D eigenvalue weighted by molar-refractivity contribution is -0.185. The van der Waals surface area contributed by atoms with Crippen molar-refractivity contribution in [1.82, 2.24) is 9.88 Å². The van der Waals surface area contributed by atoms with E-state index in [1.54, 1.807) is 18.1 Å². The van der Waals surface area contributed by atoms with Crippen molar-refractivity contribution in [2.45, 2.75) is 18.6 Å². The number of nitrogens with zero attached hydrogens (tertiary/aromatic N) is 3. The van der Waals surface area contributed by atoms with Crippen LogP contribution in [0.2, 0.25) is 0 Å². The summed E-state index contributed by atoms with van der Waals surface area (Å²) in [6.07, 6.45) is 3.38. The van der Waals surface area contributed by atoms with Gasteiger partial charge in [-0.05, 0) is 0 Å². The van der Waals surface area contributed by atoms with Gasteiger partial charge in [0.15, 0.2) is 10.9 Å². The summed E-state index contributed by atoms with van der Waals surface area (Å²) in [6.45, 7) is 3.46. The molecule has 0 bridgehead atoms. The van der Waals surface area contributed by atoms with E-state index in [1.807, 2.05) is 5.38 Å². The van der Waals surface area contributed by atoms with Crippen LogP contribution in [0.5, 0.6) is 0 Å². The Morgan fingerprint density at radius 2 is 2.15 bits per heavy atom. The van der Waals surface area contributed by atoms with E-state index in [2.05, 4.69) is 9.88 Å². The van der Waals surface area contributed by atoms with Crippen molar-refractivity contribution in [3.05, 3.63) is 11.6 Å². The first kappa shape index (κ1) is 13.9. The number of ether oxygens (including phenoxy) is 2. The molecule has 0 aromatic carbocycles. The molecule has 110 valence electrons. The first-order valence-electron chi connectivity index (χ1n) is 6.85. The van der Waals surface area contributed by atoms with Crippen LogP contribution in [0.3, 0.4) is 0 Å². The molecule has 2 aliphatic heterocycles. The fraction of sp³-hybridized carbons (Fsp3) is 0.692. The van der Waals surface area contributed by atoms with Crippen LogP contribution in [0.25, 0.3) is 0 Å². The zero-order valence-corrected chi connectivity index (χ0v) is 12.4. The Balaban J connectivity index is 1.50. The van der Waals surface area contributed by atoms with Gasteiger partial charge in [0.05, 0.1) is 19.8 Å². The van der Waals surface area contributed by atoms with Crippen molar-refractivity contribution < 1.29 is 14.3 Å². The summed E-state index contributed by atoms with van der Waals surface area (Å²) < 4.78 is 11.4. The van der Waals surface area contributed by atoms with Crippen LogP contribution in [-0.4, -0.2) is 61.5 Å². The van der Waals surface area contributed by atoms with Crippen molar-refractivity contribution in [2.75, 3.05) is 44.8 Å². The molecule has 2 aliphatic rings. The van der Waals surface area contributed by atoms with Crippen LogP contribution in [0.15, 0.2) is 11.6 Å². The van der Waals surface area contributed by atoms with Gasteiger partial charge in [-0.2, -0.15) is 0 Å². The standard InChI is InChI=1S/C13H19N3O3S/c1-15(12-14-4-9-20-12)11(17)10-16-5-2-13(3-6-16)18-7-8-19-13/h4,9H,2-3,5-8,10H2,1H3. The monoisotopic (exact) mass is 297 g/mol. The second kappa shape index (κ2) is 5.77. The van der Waals surface area contributed by atoms with Gasteiger partial charge >= 0.3 is 0 Å². The van der Waals surface area contributed by atoms with Gasteiger partial charge in [0.25, 0.3) is 0 Å². The number of piperidine rings is 1. The number of aromatic nitrogens is 1. The highest BCUT2D eigenvalue weighted by Crippen LogP contribution is 2.31. The van der Waals surface area contributed by atoms with Crippen LogP contribution in [0.4, 0.5) is 5.13 Å². The summed E-state index contributed by atoms with van der Waals surface area (Å²) in [4.78, 5) is 20.1. The molecule has 3 rings (SSSR count). The van der Waals surface area contributed by atoms with Crippen LogP contribution >= 0.6 is 11.3 Å². The third-order valence-corrected chi connectivity index (χ3v) is 4.72. The van der Waals surface area contributed by atoms with Gasteiger partial charge in [0, 0.05) is 44.6 Å². The minimum atomic E-state index is -0.374. The lowest BCUT2D eigenvalue weighted by Crippen LogP contribution is -2.48. The molecule has 2 saturated heterocycles. The van der Waals surface area contributed by atoms with Gasteiger partial charge < -0.3 is 9.47 Å². The highest BCUT2D eigenvalue weighted by molar-refractivity contribution is 7.13. The van der Waals surface area contributed by atoms with Crippen molar-refractivity contribution in [3.63, 3.8) is 0 Å². The average Bonchev–Trinajstić information content (AvgIpc) is 3.13. The smallest absolute Gasteiger partial charge is 0.242 e. The summed E-state index contributed by atoms with van der Waals surface area (Å²) in [7, 11) is 1.77. The molecule has 0 atom stereocenters. The molecule has 0 radical (unpaired) electrons.